The lowest BCUT2D eigenvalue weighted by atomic mass is 10.1. The molecule has 0 aliphatic rings. The number of halogens is 1. The zero-order chi connectivity index (χ0) is 12.0. The monoisotopic (exact) mass is 240 g/mol. The number of hydrogen-bond donors (Lipinski definition) is 0. The van der Waals surface area contributed by atoms with Crippen LogP contribution in [0.15, 0.2) is 18.2 Å². The number of hydrogen-bond acceptors (Lipinski definition) is 2. The Hall–Kier alpha value is -1.02. The van der Waals surface area contributed by atoms with E-state index in [1.807, 2.05) is 0 Å². The first-order chi connectivity index (χ1) is 7.63. The van der Waals surface area contributed by atoms with Crippen molar-refractivity contribution in [1.82, 2.24) is 0 Å². The summed E-state index contributed by atoms with van der Waals surface area (Å²) in [5, 5.41) is 0.441. The molecule has 88 valence electrons. The fourth-order valence-electron chi connectivity index (χ4n) is 1.37. The van der Waals surface area contributed by atoms with Crippen LogP contribution in [0.25, 0.3) is 0 Å². The van der Waals surface area contributed by atoms with Crippen LogP contribution >= 0.6 is 11.6 Å². The van der Waals surface area contributed by atoms with Crippen molar-refractivity contribution in [2.24, 2.45) is 5.92 Å². The third-order valence-electron chi connectivity index (χ3n) is 2.29. The van der Waals surface area contributed by atoms with E-state index in [1.165, 1.54) is 0 Å². The first kappa shape index (κ1) is 13.0. The third kappa shape index (κ3) is 4.23. The van der Waals surface area contributed by atoms with E-state index >= 15 is 0 Å². The predicted molar refractivity (Wildman–Crippen MR) is 66.4 cm³/mol. The van der Waals surface area contributed by atoms with Gasteiger partial charge >= 0.3 is 0 Å². The van der Waals surface area contributed by atoms with Crippen LogP contribution in [0.4, 0.5) is 0 Å². The quantitative estimate of drug-likeness (QED) is 0.556. The summed E-state index contributed by atoms with van der Waals surface area (Å²) in [6.45, 7) is 5.07. The number of carbonyl (C=O) groups excluding carboxylic acids is 1. The van der Waals surface area contributed by atoms with Crippen molar-refractivity contribution in [3.63, 3.8) is 0 Å². The summed E-state index contributed by atoms with van der Waals surface area (Å²) in [5.41, 5.74) is 0.496. The van der Waals surface area contributed by atoms with E-state index in [1.54, 1.807) is 18.2 Å². The van der Waals surface area contributed by atoms with Gasteiger partial charge in [-0.15, -0.1) is 0 Å². The summed E-state index contributed by atoms with van der Waals surface area (Å²) < 4.78 is 5.54. The van der Waals surface area contributed by atoms with E-state index in [2.05, 4.69) is 13.8 Å². The van der Waals surface area contributed by atoms with Crippen LogP contribution in [0.2, 0.25) is 5.02 Å². The molecule has 1 rings (SSSR count). The van der Waals surface area contributed by atoms with Gasteiger partial charge in [-0.3, -0.25) is 4.79 Å². The molecule has 16 heavy (non-hydrogen) atoms. The standard InChI is InChI=1S/C13H17ClO2/c1-10(2)4-3-7-16-12-6-5-11(9-15)13(14)8-12/h5-6,8-10H,3-4,7H2,1-2H3. The van der Waals surface area contributed by atoms with Gasteiger partial charge in [0.15, 0.2) is 6.29 Å². The van der Waals surface area contributed by atoms with Crippen molar-refractivity contribution >= 4 is 17.9 Å². The topological polar surface area (TPSA) is 26.3 Å². The molecule has 0 saturated heterocycles. The number of rotatable bonds is 6. The first-order valence-electron chi connectivity index (χ1n) is 5.51. The van der Waals surface area contributed by atoms with Gasteiger partial charge in [0.05, 0.1) is 11.6 Å². The molecule has 0 aliphatic heterocycles. The highest BCUT2D eigenvalue weighted by atomic mass is 35.5. The van der Waals surface area contributed by atoms with Crippen LogP contribution in [0, 0.1) is 5.92 Å². The summed E-state index contributed by atoms with van der Waals surface area (Å²) in [4.78, 5) is 10.5. The van der Waals surface area contributed by atoms with Gasteiger partial charge in [0.2, 0.25) is 0 Å². The molecule has 1 aromatic rings. The maximum atomic E-state index is 10.5. The fourth-order valence-corrected chi connectivity index (χ4v) is 1.59. The molecule has 0 unspecified atom stereocenters. The Morgan fingerprint density at radius 3 is 2.75 bits per heavy atom. The van der Waals surface area contributed by atoms with Gasteiger partial charge in [-0.05, 0) is 37.0 Å². The van der Waals surface area contributed by atoms with Gasteiger partial charge in [0.25, 0.3) is 0 Å². The lowest BCUT2D eigenvalue weighted by Crippen LogP contribution is -1.99. The molecule has 0 radical (unpaired) electrons. The highest BCUT2D eigenvalue weighted by Gasteiger charge is 2.01. The summed E-state index contributed by atoms with van der Waals surface area (Å²) in [6.07, 6.45) is 2.93. The minimum absolute atomic E-state index is 0.441. The summed E-state index contributed by atoms with van der Waals surface area (Å²) >= 11 is 5.88. The number of aldehydes is 1. The van der Waals surface area contributed by atoms with Gasteiger partial charge in [0.1, 0.15) is 5.75 Å². The minimum Gasteiger partial charge on any atom is -0.494 e. The van der Waals surface area contributed by atoms with Crippen molar-refractivity contribution < 1.29 is 9.53 Å². The highest BCUT2D eigenvalue weighted by molar-refractivity contribution is 6.33. The maximum absolute atomic E-state index is 10.5. The molecule has 3 heteroatoms. The smallest absolute Gasteiger partial charge is 0.151 e. The molecule has 0 aliphatic carbocycles. The van der Waals surface area contributed by atoms with Gasteiger partial charge in [-0.2, -0.15) is 0 Å². The van der Waals surface area contributed by atoms with E-state index in [-0.39, 0.29) is 0 Å². The van der Waals surface area contributed by atoms with Crippen molar-refractivity contribution in [2.45, 2.75) is 26.7 Å². The summed E-state index contributed by atoms with van der Waals surface area (Å²) in [7, 11) is 0. The molecule has 0 spiro atoms. The molecule has 2 nitrogen and oxygen atoms in total. The Morgan fingerprint density at radius 1 is 1.44 bits per heavy atom. The van der Waals surface area contributed by atoms with E-state index in [0.717, 1.165) is 24.9 Å². The van der Waals surface area contributed by atoms with Gasteiger partial charge in [0, 0.05) is 5.56 Å². The fraction of sp³-hybridized carbons (Fsp3) is 0.462. The van der Waals surface area contributed by atoms with Crippen LogP contribution in [-0.2, 0) is 0 Å². The van der Waals surface area contributed by atoms with E-state index < -0.39 is 0 Å². The third-order valence-corrected chi connectivity index (χ3v) is 2.62. The van der Waals surface area contributed by atoms with Crippen molar-refractivity contribution in [3.05, 3.63) is 28.8 Å². The Balaban J connectivity index is 2.43. The molecule has 0 amide bonds. The molecule has 0 heterocycles. The molecule has 0 N–H and O–H groups in total. The number of benzene rings is 1. The average molecular weight is 241 g/mol. The molecule has 0 aromatic heterocycles. The molecule has 0 fully saturated rings. The highest BCUT2D eigenvalue weighted by Crippen LogP contribution is 2.21. The normalized spacial score (nSPS) is 10.5. The Bertz CT molecular complexity index is 348. The Morgan fingerprint density at radius 2 is 2.19 bits per heavy atom. The van der Waals surface area contributed by atoms with Crippen LogP contribution < -0.4 is 4.74 Å². The van der Waals surface area contributed by atoms with Crippen LogP contribution in [0.3, 0.4) is 0 Å². The molecule has 0 atom stereocenters. The van der Waals surface area contributed by atoms with E-state index in [4.69, 9.17) is 16.3 Å². The van der Waals surface area contributed by atoms with Gasteiger partial charge in [-0.25, -0.2) is 0 Å². The van der Waals surface area contributed by atoms with Gasteiger partial charge < -0.3 is 4.74 Å². The SMILES string of the molecule is CC(C)CCCOc1ccc(C=O)c(Cl)c1. The van der Waals surface area contributed by atoms with Crippen molar-refractivity contribution in [2.75, 3.05) is 6.61 Å². The van der Waals surface area contributed by atoms with Crippen molar-refractivity contribution in [3.8, 4) is 5.75 Å². The van der Waals surface area contributed by atoms with Crippen molar-refractivity contribution in [1.29, 1.82) is 0 Å². The lowest BCUT2D eigenvalue weighted by molar-refractivity contribution is 0.112. The average Bonchev–Trinajstić information content (AvgIpc) is 2.24. The zero-order valence-electron chi connectivity index (χ0n) is 9.70. The van der Waals surface area contributed by atoms with Crippen LogP contribution in [-0.4, -0.2) is 12.9 Å². The predicted octanol–water partition coefficient (Wildman–Crippen LogP) is 3.97. The maximum Gasteiger partial charge on any atom is 0.151 e. The molecular formula is C13H17ClO2. The Kier molecular flexibility index (Phi) is 5.33. The second-order valence-electron chi connectivity index (χ2n) is 4.19. The van der Waals surface area contributed by atoms with Gasteiger partial charge in [-0.1, -0.05) is 25.4 Å². The van der Waals surface area contributed by atoms with E-state index in [9.17, 15) is 4.79 Å². The second kappa shape index (κ2) is 6.54. The Labute approximate surface area is 102 Å². The number of carbonyl (C=O) groups is 1. The zero-order valence-corrected chi connectivity index (χ0v) is 10.5. The van der Waals surface area contributed by atoms with E-state index in [0.29, 0.717) is 23.1 Å². The molecule has 0 bridgehead atoms. The molecular weight excluding hydrogens is 224 g/mol. The molecule has 1 aromatic carbocycles. The molecule has 0 saturated carbocycles. The van der Waals surface area contributed by atoms with Crippen LogP contribution in [0.1, 0.15) is 37.0 Å². The second-order valence-corrected chi connectivity index (χ2v) is 4.59. The summed E-state index contributed by atoms with van der Waals surface area (Å²) in [5.74, 6) is 1.42. The number of ether oxygens (including phenoxy) is 1. The largest absolute Gasteiger partial charge is 0.494 e. The van der Waals surface area contributed by atoms with Crippen LogP contribution in [0.5, 0.6) is 5.75 Å². The first-order valence-corrected chi connectivity index (χ1v) is 5.89. The lowest BCUT2D eigenvalue weighted by Gasteiger charge is -2.08. The minimum atomic E-state index is 0.441. The summed E-state index contributed by atoms with van der Waals surface area (Å²) in [6, 6.07) is 5.12.